The van der Waals surface area contributed by atoms with E-state index in [2.05, 4.69) is 32.1 Å². The number of rotatable bonds is 8. The molecule has 0 radical (unpaired) electrons. The van der Waals surface area contributed by atoms with E-state index in [4.69, 9.17) is 4.74 Å². The Hall–Kier alpha value is -3.68. The Morgan fingerprint density at radius 1 is 1.00 bits per heavy atom. The molecule has 2 aromatic heterocycles. The third-order valence-corrected chi connectivity index (χ3v) is 5.75. The average Bonchev–Trinajstić information content (AvgIpc) is 2.84. The number of hydrogen-bond donors (Lipinski definition) is 1. The quantitative estimate of drug-likeness (QED) is 0.500. The van der Waals surface area contributed by atoms with Crippen LogP contribution in [0.4, 0.5) is 17.5 Å². The Morgan fingerprint density at radius 3 is 2.47 bits per heavy atom. The zero-order valence-electron chi connectivity index (χ0n) is 20.1. The molecule has 1 aromatic carbocycles. The van der Waals surface area contributed by atoms with Crippen LogP contribution in [-0.4, -0.2) is 58.5 Å². The molecule has 178 valence electrons. The van der Waals surface area contributed by atoms with E-state index < -0.39 is 0 Å². The smallest absolute Gasteiger partial charge is 0.253 e. The molecule has 0 aliphatic carbocycles. The van der Waals surface area contributed by atoms with Gasteiger partial charge in [-0.2, -0.15) is 0 Å². The zero-order valence-corrected chi connectivity index (χ0v) is 20.1. The van der Waals surface area contributed by atoms with Crippen LogP contribution in [0.15, 0.2) is 48.7 Å². The summed E-state index contributed by atoms with van der Waals surface area (Å²) in [4.78, 5) is 30.5. The van der Waals surface area contributed by atoms with Crippen molar-refractivity contribution in [2.75, 3.05) is 43.0 Å². The van der Waals surface area contributed by atoms with Crippen LogP contribution in [0.1, 0.15) is 41.5 Å². The molecular formula is C26H32N6O2. The maximum absolute atomic E-state index is 13.0. The Morgan fingerprint density at radius 2 is 1.76 bits per heavy atom. The second-order valence-corrected chi connectivity index (χ2v) is 8.51. The Kier molecular flexibility index (Phi) is 7.57. The minimum Gasteiger partial charge on any atom is -0.494 e. The first-order valence-electron chi connectivity index (χ1n) is 11.8. The summed E-state index contributed by atoms with van der Waals surface area (Å²) in [6.07, 6.45) is 3.89. The summed E-state index contributed by atoms with van der Waals surface area (Å²) in [7, 11) is 0. The van der Waals surface area contributed by atoms with Crippen molar-refractivity contribution >= 4 is 23.4 Å². The number of aryl methyl sites for hydroxylation is 2. The van der Waals surface area contributed by atoms with Crippen LogP contribution in [-0.2, 0) is 0 Å². The highest BCUT2D eigenvalue weighted by Crippen LogP contribution is 2.21. The van der Waals surface area contributed by atoms with Crippen molar-refractivity contribution < 1.29 is 9.53 Å². The third-order valence-electron chi connectivity index (χ3n) is 5.75. The lowest BCUT2D eigenvalue weighted by Crippen LogP contribution is -2.49. The molecule has 1 saturated heterocycles. The van der Waals surface area contributed by atoms with Gasteiger partial charge in [0.25, 0.3) is 5.91 Å². The van der Waals surface area contributed by atoms with E-state index in [0.717, 1.165) is 35.8 Å². The van der Waals surface area contributed by atoms with Crippen LogP contribution in [0, 0.1) is 13.8 Å². The first-order valence-corrected chi connectivity index (χ1v) is 11.8. The maximum Gasteiger partial charge on any atom is 0.253 e. The summed E-state index contributed by atoms with van der Waals surface area (Å²) in [6, 6.07) is 13.3. The highest BCUT2D eigenvalue weighted by atomic mass is 16.5. The van der Waals surface area contributed by atoms with Gasteiger partial charge in [-0.3, -0.25) is 4.79 Å². The van der Waals surface area contributed by atoms with E-state index in [-0.39, 0.29) is 5.91 Å². The van der Waals surface area contributed by atoms with Crippen LogP contribution in [0.25, 0.3) is 0 Å². The van der Waals surface area contributed by atoms with Crippen molar-refractivity contribution in [3.63, 3.8) is 0 Å². The van der Waals surface area contributed by atoms with Crippen molar-refractivity contribution in [2.45, 2.75) is 33.6 Å². The molecule has 0 atom stereocenters. The summed E-state index contributed by atoms with van der Waals surface area (Å²) in [5.74, 6) is 3.85. The van der Waals surface area contributed by atoms with Gasteiger partial charge < -0.3 is 19.9 Å². The molecule has 1 amide bonds. The van der Waals surface area contributed by atoms with Crippen LogP contribution in [0.5, 0.6) is 5.75 Å². The zero-order chi connectivity index (χ0) is 23.9. The number of ether oxygens (including phenoxy) is 1. The van der Waals surface area contributed by atoms with Gasteiger partial charge in [-0.25, -0.2) is 15.0 Å². The molecule has 4 rings (SSSR count). The molecule has 3 aromatic rings. The van der Waals surface area contributed by atoms with Gasteiger partial charge in [0, 0.05) is 44.0 Å². The minimum absolute atomic E-state index is 0.0477. The minimum atomic E-state index is 0.0477. The van der Waals surface area contributed by atoms with Crippen molar-refractivity contribution in [2.24, 2.45) is 0 Å². The normalized spacial score (nSPS) is 13.6. The number of unbranched alkanes of at least 4 members (excludes halogenated alkanes) is 1. The molecule has 3 heterocycles. The van der Waals surface area contributed by atoms with Gasteiger partial charge in [0.15, 0.2) is 0 Å². The Bertz CT molecular complexity index is 1110. The molecule has 8 heteroatoms. The molecule has 1 N–H and O–H groups in total. The van der Waals surface area contributed by atoms with E-state index in [1.807, 2.05) is 61.2 Å². The predicted octanol–water partition coefficient (Wildman–Crippen LogP) is 4.37. The largest absolute Gasteiger partial charge is 0.494 e. The van der Waals surface area contributed by atoms with Crippen molar-refractivity contribution in [1.82, 2.24) is 19.9 Å². The number of anilines is 3. The number of carbonyl (C=O) groups is 1. The van der Waals surface area contributed by atoms with E-state index in [1.165, 1.54) is 0 Å². The molecule has 0 bridgehead atoms. The summed E-state index contributed by atoms with van der Waals surface area (Å²) in [6.45, 7) is 9.44. The number of benzene rings is 1. The van der Waals surface area contributed by atoms with E-state index >= 15 is 0 Å². The van der Waals surface area contributed by atoms with Gasteiger partial charge >= 0.3 is 0 Å². The molecule has 0 saturated carbocycles. The van der Waals surface area contributed by atoms with E-state index in [9.17, 15) is 4.79 Å². The standard InChI is InChI=1S/C26H32N6O2/c1-4-5-16-34-22-8-6-21(7-9-22)26(33)32-14-12-31(13-15-32)25-18-24(28-20(3)29-25)30-23-17-19(2)10-11-27-23/h6-11,17-18H,4-5,12-16H2,1-3H3,(H,27,28,29,30). The number of nitrogens with one attached hydrogen (secondary N) is 1. The summed E-state index contributed by atoms with van der Waals surface area (Å²) < 4.78 is 5.70. The van der Waals surface area contributed by atoms with Gasteiger partial charge in [0.1, 0.15) is 29.0 Å². The maximum atomic E-state index is 13.0. The highest BCUT2D eigenvalue weighted by molar-refractivity contribution is 5.94. The molecule has 1 aliphatic heterocycles. The van der Waals surface area contributed by atoms with Crippen molar-refractivity contribution in [1.29, 1.82) is 0 Å². The molecule has 8 nitrogen and oxygen atoms in total. The molecular weight excluding hydrogens is 428 g/mol. The number of amides is 1. The third kappa shape index (κ3) is 6.01. The van der Waals surface area contributed by atoms with Crippen molar-refractivity contribution in [3.05, 3.63) is 65.6 Å². The fraction of sp³-hybridized carbons (Fsp3) is 0.385. The predicted molar refractivity (Wildman–Crippen MR) is 134 cm³/mol. The number of aromatic nitrogens is 3. The van der Waals surface area contributed by atoms with Crippen LogP contribution < -0.4 is 15.0 Å². The molecule has 1 aliphatic rings. The molecule has 0 unspecified atom stereocenters. The van der Waals surface area contributed by atoms with Crippen LogP contribution in [0.2, 0.25) is 0 Å². The number of carbonyl (C=O) groups excluding carboxylic acids is 1. The lowest BCUT2D eigenvalue weighted by atomic mass is 10.1. The van der Waals surface area contributed by atoms with Gasteiger partial charge in [-0.15, -0.1) is 0 Å². The first kappa shape index (κ1) is 23.5. The fourth-order valence-corrected chi connectivity index (χ4v) is 3.86. The monoisotopic (exact) mass is 460 g/mol. The number of pyridine rings is 1. The summed E-state index contributed by atoms with van der Waals surface area (Å²) in [5, 5.41) is 3.27. The van der Waals surface area contributed by atoms with Gasteiger partial charge in [-0.05, 0) is 62.2 Å². The average molecular weight is 461 g/mol. The van der Waals surface area contributed by atoms with Crippen molar-refractivity contribution in [3.8, 4) is 5.75 Å². The number of piperazine rings is 1. The molecule has 34 heavy (non-hydrogen) atoms. The highest BCUT2D eigenvalue weighted by Gasteiger charge is 2.23. The first-order chi connectivity index (χ1) is 16.5. The lowest BCUT2D eigenvalue weighted by Gasteiger charge is -2.35. The van der Waals surface area contributed by atoms with Gasteiger partial charge in [0.2, 0.25) is 0 Å². The Labute approximate surface area is 201 Å². The second-order valence-electron chi connectivity index (χ2n) is 8.51. The number of nitrogens with zero attached hydrogens (tertiary/aromatic N) is 5. The van der Waals surface area contributed by atoms with E-state index in [1.54, 1.807) is 6.20 Å². The fourth-order valence-electron chi connectivity index (χ4n) is 3.86. The topological polar surface area (TPSA) is 83.5 Å². The Balaban J connectivity index is 1.36. The molecule has 0 spiro atoms. The van der Waals surface area contributed by atoms with Crippen LogP contribution >= 0.6 is 0 Å². The summed E-state index contributed by atoms with van der Waals surface area (Å²) in [5.41, 5.74) is 1.81. The van der Waals surface area contributed by atoms with E-state index in [0.29, 0.717) is 50.0 Å². The lowest BCUT2D eigenvalue weighted by molar-refractivity contribution is 0.0746. The molecule has 1 fully saturated rings. The van der Waals surface area contributed by atoms with Gasteiger partial charge in [-0.1, -0.05) is 13.3 Å². The summed E-state index contributed by atoms with van der Waals surface area (Å²) >= 11 is 0. The number of hydrogen-bond acceptors (Lipinski definition) is 7. The SMILES string of the molecule is CCCCOc1ccc(C(=O)N2CCN(c3cc(Nc4cc(C)ccn4)nc(C)n3)CC2)cc1. The van der Waals surface area contributed by atoms with Crippen LogP contribution in [0.3, 0.4) is 0 Å². The second kappa shape index (κ2) is 11.0. The van der Waals surface area contributed by atoms with Gasteiger partial charge in [0.05, 0.1) is 6.61 Å².